The van der Waals surface area contributed by atoms with Gasteiger partial charge in [0, 0.05) is 11.8 Å². The fourth-order valence-electron chi connectivity index (χ4n) is 7.86. The Kier molecular flexibility index (Phi) is 24.1. The molecule has 0 aromatic rings. The van der Waals surface area contributed by atoms with E-state index >= 15 is 0 Å². The van der Waals surface area contributed by atoms with Crippen LogP contribution in [0.1, 0.15) is 145 Å². The molecule has 2 saturated carbocycles. The number of hydrogen-bond acceptors (Lipinski definition) is 14. The van der Waals surface area contributed by atoms with Gasteiger partial charge in [-0.1, -0.05) is 56.9 Å². The van der Waals surface area contributed by atoms with Crippen LogP contribution in [0, 0.1) is 45.8 Å². The molecule has 0 radical (unpaired) electrons. The van der Waals surface area contributed by atoms with Gasteiger partial charge in [0.25, 0.3) is 11.7 Å². The van der Waals surface area contributed by atoms with E-state index in [0.29, 0.717) is 27.2 Å². The van der Waals surface area contributed by atoms with Gasteiger partial charge in [-0.05, 0) is 88.0 Å². The van der Waals surface area contributed by atoms with Crippen molar-refractivity contribution in [1.82, 2.24) is 0 Å². The van der Waals surface area contributed by atoms with E-state index in [1.807, 2.05) is 0 Å². The molecule has 1 N–H and O–H groups in total. The van der Waals surface area contributed by atoms with Gasteiger partial charge in [0.2, 0.25) is 5.60 Å². The summed E-state index contributed by atoms with van der Waals surface area (Å²) < 4.78 is 255. The Bertz CT molecular complexity index is 2150. The fraction of sp³-hybridized carbons (Fsp3) is 0.878. The van der Waals surface area contributed by atoms with Gasteiger partial charge in [-0.3, -0.25) is 28.8 Å². The monoisotopic (exact) mass is 1210 g/mol. The zero-order chi connectivity index (χ0) is 61.1. The molecule has 31 heteroatoms. The van der Waals surface area contributed by atoms with Crippen LogP contribution in [0.5, 0.6) is 0 Å². The van der Waals surface area contributed by atoms with E-state index in [4.69, 9.17) is 14.2 Å². The lowest BCUT2D eigenvalue weighted by Gasteiger charge is -2.44. The average Bonchev–Trinajstić information content (AvgIpc) is 3.93. The fourth-order valence-corrected chi connectivity index (χ4v) is 7.86. The Morgan fingerprint density at radius 3 is 1.45 bits per heavy atom. The smallest absolute Gasteiger partial charge is 0.458 e. The summed E-state index contributed by atoms with van der Waals surface area (Å²) >= 11 is 0. The maximum atomic E-state index is 14.9. The van der Waals surface area contributed by atoms with Crippen LogP contribution in [-0.4, -0.2) is 125 Å². The zero-order valence-electron chi connectivity index (χ0n) is 43.8. The predicted molar refractivity (Wildman–Crippen MR) is 245 cm³/mol. The van der Waals surface area contributed by atoms with Crippen LogP contribution in [0.4, 0.5) is 74.6 Å². The van der Waals surface area contributed by atoms with Gasteiger partial charge in [-0.25, -0.2) is 0 Å². The molecule has 2 bridgehead atoms. The third kappa shape index (κ3) is 14.7. The number of esters is 6. The van der Waals surface area contributed by atoms with Gasteiger partial charge in [0.1, 0.15) is 12.2 Å². The minimum atomic E-state index is -6.06. The molecule has 0 aromatic heterocycles. The summed E-state index contributed by atoms with van der Waals surface area (Å²) in [6.07, 6.45) is -35.1. The molecule has 4 aliphatic rings. The Balaban J connectivity index is 0. The molecule has 8 atom stereocenters. The van der Waals surface area contributed by atoms with E-state index in [1.165, 1.54) is 48.5 Å². The largest absolute Gasteiger partial charge is 0.462 e. The van der Waals surface area contributed by atoms with Gasteiger partial charge < -0.3 is 38.3 Å². The van der Waals surface area contributed by atoms with E-state index in [-0.39, 0.29) is 41.5 Å². The summed E-state index contributed by atoms with van der Waals surface area (Å²) in [7, 11) is 0. The van der Waals surface area contributed by atoms with Crippen LogP contribution in [-0.2, 0) is 61.9 Å². The summed E-state index contributed by atoms with van der Waals surface area (Å²) in [5.74, 6) is -22.2. The molecule has 472 valence electrons. The van der Waals surface area contributed by atoms with Crippen molar-refractivity contribution in [2.24, 2.45) is 45.8 Å². The van der Waals surface area contributed by atoms with Crippen LogP contribution in [0.15, 0.2) is 0 Å². The molecule has 4 rings (SSSR count). The summed E-state index contributed by atoms with van der Waals surface area (Å²) in [5.41, 5.74) is -14.8. The first-order chi connectivity index (χ1) is 34.0. The minimum absolute atomic E-state index is 0. The van der Waals surface area contributed by atoms with Gasteiger partial charge in [0.05, 0.1) is 40.6 Å². The second kappa shape index (κ2) is 24.8. The first-order valence-corrected chi connectivity index (χ1v) is 23.4. The van der Waals surface area contributed by atoms with Crippen molar-refractivity contribution in [3.8, 4) is 0 Å². The Hall–Kier alpha value is -4.45. The summed E-state index contributed by atoms with van der Waals surface area (Å²) in [5, 5.41) is 9.27. The van der Waals surface area contributed by atoms with Crippen molar-refractivity contribution in [2.75, 3.05) is 6.61 Å². The molecule has 0 spiro atoms. The molecule has 2 heterocycles. The Labute approximate surface area is 452 Å². The predicted octanol–water partition coefficient (Wildman–Crippen LogP) is 12.5. The van der Waals surface area contributed by atoms with Crippen LogP contribution < -0.4 is 0 Å². The maximum absolute atomic E-state index is 14.9. The number of ether oxygens (including phenoxy) is 7. The molecule has 0 aromatic carbocycles. The highest BCUT2D eigenvalue weighted by atomic mass is 19.4. The van der Waals surface area contributed by atoms with Crippen LogP contribution >= 0.6 is 0 Å². The first kappa shape index (κ1) is 77.6. The molecule has 80 heavy (non-hydrogen) atoms. The summed E-state index contributed by atoms with van der Waals surface area (Å²) in [6, 6.07) is 0. The van der Waals surface area contributed by atoms with Crippen molar-refractivity contribution < 1.29 is 142 Å². The van der Waals surface area contributed by atoms with E-state index in [9.17, 15) is 109 Å². The highest BCUT2D eigenvalue weighted by Crippen LogP contribution is 2.60. The average molecular weight is 1210 g/mol. The van der Waals surface area contributed by atoms with Gasteiger partial charge >= 0.3 is 78.4 Å². The minimum Gasteiger partial charge on any atom is -0.458 e. The number of carbonyl (C=O) groups is 6. The maximum Gasteiger partial charge on any atom is 0.462 e. The standard InChI is InChI=1S/C18H20F6O6.C16H23F5O5.C12H18F6O3.3CH4/c1-4-16(2,3)15(27)29-11-7-5-6-8(12(25)28-10(6)11)9(7)13(26)30-14(17(19,20)21)18(22,23)24;1-7-12(4,5)11(23)26-13(6)8-24-15(14(13,17)18,16(19,20)21)25-10(22)9(2)3;1-6-8(2,3)7(19)21-9(4,5)10(20,11(13,14)15)12(16,17)18;;;/h6-11,14H,4-5H2,1-3H3;9H,7-8H2,1-6H3;20H,6H2,1-5H3;3*1H4. The first-order valence-electron chi connectivity index (χ1n) is 23.4. The van der Waals surface area contributed by atoms with Crippen molar-refractivity contribution in [3.63, 3.8) is 0 Å². The molecule has 2 saturated heterocycles. The summed E-state index contributed by atoms with van der Waals surface area (Å²) in [6.45, 7) is 15.9. The number of carbonyl (C=O) groups excluding carboxylic acids is 6. The SMILES string of the molecule is C.C.C.CCC(C)(C)C(=O)OC(C)(C)C(O)(C(F)(F)F)C(F)(F)F.CCC(C)(C)C(=O)OC1(C)COC(OC(=O)C(C)C)(C(F)(F)F)C1(F)F.CCC(C)(C)C(=O)OC1C2CC3C1OC(=O)C3C2C(=O)OC(C(F)(F)F)C(F)(F)F. The number of rotatable bonds is 14. The van der Waals surface area contributed by atoms with Gasteiger partial charge in [0.15, 0.2) is 5.60 Å². The summed E-state index contributed by atoms with van der Waals surface area (Å²) in [4.78, 5) is 72.5. The van der Waals surface area contributed by atoms with E-state index in [2.05, 4.69) is 18.9 Å². The second-order valence-corrected chi connectivity index (χ2v) is 21.8. The molecular weight excluding hydrogens is 1140 g/mol. The number of aliphatic hydroxyl groups is 1. The lowest BCUT2D eigenvalue weighted by atomic mass is 9.78. The molecule has 4 fully saturated rings. The molecule has 2 aliphatic carbocycles. The van der Waals surface area contributed by atoms with Gasteiger partial charge in [-0.2, -0.15) is 74.6 Å². The van der Waals surface area contributed by atoms with E-state index in [1.54, 1.807) is 27.7 Å². The third-order valence-corrected chi connectivity index (χ3v) is 14.3. The molecule has 0 amide bonds. The Morgan fingerprint density at radius 1 is 0.662 bits per heavy atom. The second-order valence-electron chi connectivity index (χ2n) is 21.8. The van der Waals surface area contributed by atoms with Crippen molar-refractivity contribution in [1.29, 1.82) is 0 Å². The molecule has 2 aliphatic heterocycles. The van der Waals surface area contributed by atoms with E-state index < -0.39 is 166 Å². The molecule has 14 nitrogen and oxygen atoms in total. The Morgan fingerprint density at radius 2 is 1.07 bits per heavy atom. The number of hydrogen-bond donors (Lipinski definition) is 1. The quantitative estimate of drug-likeness (QED) is 0.0983. The van der Waals surface area contributed by atoms with Crippen molar-refractivity contribution in [3.05, 3.63) is 0 Å². The highest BCUT2D eigenvalue weighted by molar-refractivity contribution is 5.86. The van der Waals surface area contributed by atoms with Gasteiger partial charge in [-0.15, -0.1) is 0 Å². The molecule has 8 unspecified atom stereocenters. The van der Waals surface area contributed by atoms with Crippen LogP contribution in [0.25, 0.3) is 0 Å². The topological polar surface area (TPSA) is 187 Å². The van der Waals surface area contributed by atoms with E-state index in [0.717, 1.165) is 0 Å². The normalized spacial score (nSPS) is 25.8. The lowest BCUT2D eigenvalue weighted by Crippen LogP contribution is -2.70. The van der Waals surface area contributed by atoms with Crippen LogP contribution in [0.2, 0.25) is 0 Å². The van der Waals surface area contributed by atoms with Crippen LogP contribution in [0.3, 0.4) is 0 Å². The van der Waals surface area contributed by atoms with Crippen molar-refractivity contribution in [2.45, 2.75) is 223 Å². The number of halogens is 17. The van der Waals surface area contributed by atoms with Crippen molar-refractivity contribution >= 4 is 35.8 Å². The molecular formula is C49H73F17O14. The number of fused-ring (bicyclic) bond motifs is 1. The lowest BCUT2D eigenvalue weighted by molar-refractivity contribution is -0.410. The zero-order valence-corrected chi connectivity index (χ0v) is 43.8. The number of alkyl halides is 17. The highest BCUT2D eigenvalue weighted by Gasteiger charge is 2.86. The third-order valence-electron chi connectivity index (χ3n) is 14.3.